The van der Waals surface area contributed by atoms with Crippen LogP contribution in [0.15, 0.2) is 42.5 Å². The Morgan fingerprint density at radius 1 is 0.964 bits per heavy atom. The van der Waals surface area contributed by atoms with Crippen molar-refractivity contribution in [2.75, 3.05) is 20.3 Å². The summed E-state index contributed by atoms with van der Waals surface area (Å²) >= 11 is 0. The van der Waals surface area contributed by atoms with Crippen LogP contribution in [0.5, 0.6) is 5.75 Å². The molecule has 0 fully saturated rings. The molecule has 2 rings (SSSR count). The van der Waals surface area contributed by atoms with E-state index in [0.29, 0.717) is 11.3 Å². The van der Waals surface area contributed by atoms with Gasteiger partial charge >= 0.3 is 11.9 Å². The van der Waals surface area contributed by atoms with E-state index in [-0.39, 0.29) is 13.2 Å². The van der Waals surface area contributed by atoms with E-state index in [1.807, 2.05) is 32.0 Å². The highest BCUT2D eigenvalue weighted by molar-refractivity contribution is 5.89. The molecule has 0 heterocycles. The Kier molecular flexibility index (Phi) is 7.56. The van der Waals surface area contributed by atoms with Crippen LogP contribution >= 0.6 is 0 Å². The second-order valence-electron chi connectivity index (χ2n) is 6.18. The van der Waals surface area contributed by atoms with Gasteiger partial charge < -0.3 is 19.5 Å². The first kappa shape index (κ1) is 21.0. The number of amides is 1. The fourth-order valence-corrected chi connectivity index (χ4v) is 2.32. The lowest BCUT2D eigenvalue weighted by Crippen LogP contribution is -2.29. The maximum absolute atomic E-state index is 11.8. The summed E-state index contributed by atoms with van der Waals surface area (Å²) in [5.41, 5.74) is 3.16. The van der Waals surface area contributed by atoms with E-state index in [1.54, 1.807) is 24.3 Å². The SMILES string of the molecule is COC(=O)c1ccc(CNC(=O)COC(=O)COc2cc(C)ccc2C)cc1. The average molecular weight is 385 g/mol. The molecular weight excluding hydrogens is 362 g/mol. The minimum absolute atomic E-state index is 0.247. The van der Waals surface area contributed by atoms with E-state index in [1.165, 1.54) is 7.11 Å². The van der Waals surface area contributed by atoms with Gasteiger partial charge in [-0.05, 0) is 48.7 Å². The van der Waals surface area contributed by atoms with Gasteiger partial charge in [0.05, 0.1) is 12.7 Å². The molecule has 2 aromatic carbocycles. The third-order valence-corrected chi connectivity index (χ3v) is 3.92. The molecule has 0 aliphatic carbocycles. The minimum atomic E-state index is -0.626. The van der Waals surface area contributed by atoms with Gasteiger partial charge in [-0.15, -0.1) is 0 Å². The van der Waals surface area contributed by atoms with E-state index in [4.69, 9.17) is 9.47 Å². The van der Waals surface area contributed by atoms with E-state index in [9.17, 15) is 14.4 Å². The fraction of sp³-hybridized carbons (Fsp3) is 0.286. The molecule has 0 aromatic heterocycles. The average Bonchev–Trinajstić information content (AvgIpc) is 2.71. The van der Waals surface area contributed by atoms with Crippen LogP contribution in [-0.2, 0) is 25.6 Å². The van der Waals surface area contributed by atoms with Crippen molar-refractivity contribution in [3.63, 3.8) is 0 Å². The third kappa shape index (κ3) is 6.42. The molecule has 1 N–H and O–H groups in total. The van der Waals surface area contributed by atoms with E-state index >= 15 is 0 Å². The summed E-state index contributed by atoms with van der Waals surface area (Å²) in [6.07, 6.45) is 0. The number of aryl methyl sites for hydroxylation is 2. The van der Waals surface area contributed by atoms with Crippen LogP contribution in [0.4, 0.5) is 0 Å². The van der Waals surface area contributed by atoms with Gasteiger partial charge in [0.15, 0.2) is 13.2 Å². The van der Waals surface area contributed by atoms with Crippen molar-refractivity contribution in [2.45, 2.75) is 20.4 Å². The molecule has 7 heteroatoms. The van der Waals surface area contributed by atoms with Crippen molar-refractivity contribution in [3.05, 3.63) is 64.7 Å². The highest BCUT2D eigenvalue weighted by Crippen LogP contribution is 2.18. The van der Waals surface area contributed by atoms with Gasteiger partial charge in [-0.25, -0.2) is 9.59 Å². The predicted molar refractivity (Wildman–Crippen MR) is 102 cm³/mol. The largest absolute Gasteiger partial charge is 0.482 e. The molecule has 0 spiro atoms. The van der Waals surface area contributed by atoms with Crippen molar-refractivity contribution in [3.8, 4) is 5.75 Å². The summed E-state index contributed by atoms with van der Waals surface area (Å²) in [7, 11) is 1.31. The van der Waals surface area contributed by atoms with Crippen molar-refractivity contribution < 1.29 is 28.6 Å². The van der Waals surface area contributed by atoms with Gasteiger partial charge in [0, 0.05) is 6.54 Å². The Morgan fingerprint density at radius 2 is 1.68 bits per heavy atom. The van der Waals surface area contributed by atoms with E-state index < -0.39 is 24.5 Å². The molecule has 0 atom stereocenters. The first-order valence-corrected chi connectivity index (χ1v) is 8.68. The summed E-state index contributed by atoms with van der Waals surface area (Å²) in [4.78, 5) is 34.9. The smallest absolute Gasteiger partial charge is 0.344 e. The fourth-order valence-electron chi connectivity index (χ4n) is 2.32. The summed E-state index contributed by atoms with van der Waals surface area (Å²) in [5, 5.41) is 2.63. The van der Waals surface area contributed by atoms with Gasteiger partial charge in [-0.1, -0.05) is 24.3 Å². The Labute approximate surface area is 163 Å². The van der Waals surface area contributed by atoms with Gasteiger partial charge in [-0.3, -0.25) is 4.79 Å². The molecule has 0 bridgehead atoms. The molecule has 0 aliphatic heterocycles. The van der Waals surface area contributed by atoms with Crippen LogP contribution in [0.2, 0.25) is 0 Å². The first-order chi connectivity index (χ1) is 13.4. The highest BCUT2D eigenvalue weighted by Gasteiger charge is 2.10. The molecular formula is C21H23NO6. The van der Waals surface area contributed by atoms with Crippen molar-refractivity contribution in [2.24, 2.45) is 0 Å². The maximum atomic E-state index is 11.8. The Morgan fingerprint density at radius 3 is 2.36 bits per heavy atom. The molecule has 7 nitrogen and oxygen atoms in total. The van der Waals surface area contributed by atoms with Crippen LogP contribution in [0, 0.1) is 13.8 Å². The lowest BCUT2D eigenvalue weighted by Gasteiger charge is -2.10. The number of hydrogen-bond acceptors (Lipinski definition) is 6. The Hall–Kier alpha value is -3.35. The number of methoxy groups -OCH3 is 1. The van der Waals surface area contributed by atoms with Crippen LogP contribution in [0.3, 0.4) is 0 Å². The summed E-state index contributed by atoms with van der Waals surface area (Å²) in [6, 6.07) is 12.3. The number of carbonyl (C=O) groups excluding carboxylic acids is 3. The number of benzene rings is 2. The van der Waals surface area contributed by atoms with Crippen molar-refractivity contribution >= 4 is 17.8 Å². The topological polar surface area (TPSA) is 90.9 Å². The lowest BCUT2D eigenvalue weighted by atomic mass is 10.1. The number of esters is 2. The number of nitrogens with one attached hydrogen (secondary N) is 1. The number of carbonyl (C=O) groups is 3. The molecule has 0 aliphatic rings. The van der Waals surface area contributed by atoms with Crippen LogP contribution in [0.25, 0.3) is 0 Å². The Balaban J connectivity index is 1.71. The standard InChI is InChI=1S/C21H23NO6/c1-14-4-5-15(2)18(10-14)27-13-20(24)28-12-19(23)22-11-16-6-8-17(9-7-16)21(25)26-3/h4-10H,11-13H2,1-3H3,(H,22,23). The van der Waals surface area contributed by atoms with E-state index in [2.05, 4.69) is 10.1 Å². The maximum Gasteiger partial charge on any atom is 0.344 e. The summed E-state index contributed by atoms with van der Waals surface area (Å²) in [5.74, 6) is -0.877. The van der Waals surface area contributed by atoms with E-state index in [0.717, 1.165) is 16.7 Å². The van der Waals surface area contributed by atoms with Crippen LogP contribution in [-0.4, -0.2) is 38.2 Å². The molecule has 1 amide bonds. The second kappa shape index (κ2) is 10.1. The number of ether oxygens (including phenoxy) is 3. The molecule has 28 heavy (non-hydrogen) atoms. The zero-order valence-corrected chi connectivity index (χ0v) is 16.1. The van der Waals surface area contributed by atoms with Crippen LogP contribution < -0.4 is 10.1 Å². The zero-order chi connectivity index (χ0) is 20.5. The number of hydrogen-bond donors (Lipinski definition) is 1. The van der Waals surface area contributed by atoms with Crippen molar-refractivity contribution in [1.82, 2.24) is 5.32 Å². The molecule has 0 saturated carbocycles. The number of rotatable bonds is 8. The zero-order valence-electron chi connectivity index (χ0n) is 16.1. The minimum Gasteiger partial charge on any atom is -0.482 e. The lowest BCUT2D eigenvalue weighted by molar-refractivity contribution is -0.150. The molecule has 0 unspecified atom stereocenters. The first-order valence-electron chi connectivity index (χ1n) is 8.68. The molecule has 2 aromatic rings. The van der Waals surface area contributed by atoms with Gasteiger partial charge in [0.1, 0.15) is 5.75 Å². The summed E-state index contributed by atoms with van der Waals surface area (Å²) < 4.78 is 15.0. The Bertz CT molecular complexity index is 844. The predicted octanol–water partition coefficient (Wildman–Crippen LogP) is 2.33. The van der Waals surface area contributed by atoms with Gasteiger partial charge in [-0.2, -0.15) is 0 Å². The van der Waals surface area contributed by atoms with Crippen molar-refractivity contribution in [1.29, 1.82) is 0 Å². The van der Waals surface area contributed by atoms with Crippen LogP contribution in [0.1, 0.15) is 27.0 Å². The van der Waals surface area contributed by atoms with Gasteiger partial charge in [0.25, 0.3) is 5.91 Å². The second-order valence-corrected chi connectivity index (χ2v) is 6.18. The highest BCUT2D eigenvalue weighted by atomic mass is 16.6. The summed E-state index contributed by atoms with van der Waals surface area (Å²) in [6.45, 7) is 3.39. The monoisotopic (exact) mass is 385 g/mol. The molecule has 0 saturated heterocycles. The molecule has 0 radical (unpaired) electrons. The normalized spacial score (nSPS) is 10.1. The quantitative estimate of drug-likeness (QED) is 0.702. The third-order valence-electron chi connectivity index (χ3n) is 3.92. The molecule has 148 valence electrons. The van der Waals surface area contributed by atoms with Gasteiger partial charge in [0.2, 0.25) is 0 Å².